The van der Waals surface area contributed by atoms with Crippen LogP contribution in [0, 0.1) is 0 Å². The van der Waals surface area contributed by atoms with E-state index in [0.717, 1.165) is 58.0 Å². The normalized spacial score (nSPS) is 15.9. The maximum atomic E-state index is 11.5. The molecule has 394 valence electrons. The van der Waals surface area contributed by atoms with Crippen molar-refractivity contribution in [3.63, 3.8) is 0 Å². The molecule has 2 fully saturated rings. The first-order chi connectivity index (χ1) is 31.4. The van der Waals surface area contributed by atoms with Crippen LogP contribution in [0.25, 0.3) is 0 Å². The maximum Gasteiger partial charge on any atom is 0.333 e. The first-order valence-corrected chi connectivity index (χ1v) is 46.8. The predicted octanol–water partition coefficient (Wildman–Crippen LogP) is 13.7. The quantitative estimate of drug-likeness (QED) is 0.0291. The van der Waals surface area contributed by atoms with Gasteiger partial charge in [-0.05, 0) is 189 Å². The molecule has 0 aliphatic carbocycles. The van der Waals surface area contributed by atoms with Gasteiger partial charge in [0.25, 0.3) is 0 Å². The Hall–Kier alpha value is -0.572. The number of ether oxygens (including phenoxy) is 3. The molecule has 0 aromatic heterocycles. The Kier molecular flexibility index (Phi) is 36.3. The Labute approximate surface area is 425 Å². The van der Waals surface area contributed by atoms with Gasteiger partial charge >= 0.3 is 35.0 Å². The number of hydrogen-bond acceptors (Lipinski definition) is 13. The zero-order valence-corrected chi connectivity index (χ0v) is 53.1. The van der Waals surface area contributed by atoms with Crippen LogP contribution in [0.4, 0.5) is 0 Å². The topological polar surface area (TPSA) is 145 Å². The molecule has 2 saturated heterocycles. The number of esters is 3. The molecule has 0 atom stereocenters. The average molecular weight is 1100 g/mol. The van der Waals surface area contributed by atoms with Crippen molar-refractivity contribution in [2.24, 2.45) is 0 Å². The third kappa shape index (κ3) is 45.8. The molecule has 0 bridgehead atoms. The van der Waals surface area contributed by atoms with Gasteiger partial charge in [-0.1, -0.05) is 51.8 Å². The van der Waals surface area contributed by atoms with Crippen molar-refractivity contribution < 1.29 is 60.5 Å². The van der Waals surface area contributed by atoms with E-state index in [2.05, 4.69) is 110 Å². The molecule has 0 aromatic rings. The SMILES string of the molecule is C.C=C(C)C(=O)OCCC[Si](C)(C)O.C=C(C)C(=O)OCCC[Si](C)(C)O[Si](C)(C)O[Si](C)(C)O[Si](C)(C)CCCOC(=O)C(=C)C.CP=S.C[Si]1(C)CCCCO1.C[Si]1(C)CCCCO1.[2H][2H].[2H][2H]. The molecule has 21 heteroatoms. The molecule has 66 heavy (non-hydrogen) atoms. The van der Waals surface area contributed by atoms with Gasteiger partial charge in [-0.2, -0.15) is 0 Å². The van der Waals surface area contributed by atoms with Crippen LogP contribution in [0.1, 0.15) is 79.1 Å². The van der Waals surface area contributed by atoms with Crippen molar-refractivity contribution >= 4 is 95.8 Å². The molecule has 0 unspecified atom stereocenters. The van der Waals surface area contributed by atoms with Gasteiger partial charge in [-0.25, -0.2) is 14.4 Å². The first-order valence-electron chi connectivity index (χ1n) is 25.2. The Balaban J connectivity index is -0.000000223. The molecule has 1 N–H and O–H groups in total. The molecular formula is C45H103O12PSSi7. The summed E-state index contributed by atoms with van der Waals surface area (Å²) in [6, 6.07) is 5.25. The molecule has 0 saturated carbocycles. The molecule has 0 spiro atoms. The van der Waals surface area contributed by atoms with Crippen LogP contribution in [0.5, 0.6) is 0 Å². The lowest BCUT2D eigenvalue weighted by Gasteiger charge is -2.41. The molecule has 2 rings (SSSR count). The fourth-order valence-corrected chi connectivity index (χ4v) is 30.7. The van der Waals surface area contributed by atoms with Crippen LogP contribution in [-0.2, 0) is 61.6 Å². The smallest absolute Gasteiger partial charge is 0.333 e. The van der Waals surface area contributed by atoms with Crippen molar-refractivity contribution in [2.75, 3.05) is 39.7 Å². The fourth-order valence-electron chi connectivity index (χ4n) is 6.58. The van der Waals surface area contributed by atoms with Gasteiger partial charge in [0.15, 0.2) is 41.6 Å². The number of hydrogen-bond donors (Lipinski definition) is 1. The van der Waals surface area contributed by atoms with E-state index >= 15 is 0 Å². The van der Waals surface area contributed by atoms with E-state index in [9.17, 15) is 19.2 Å². The molecule has 2 aliphatic rings. The van der Waals surface area contributed by atoms with Crippen LogP contribution < -0.4 is 0 Å². The Morgan fingerprint density at radius 2 is 0.879 bits per heavy atom. The van der Waals surface area contributed by atoms with Crippen LogP contribution in [0.2, 0.25) is 122 Å². The molecule has 0 aromatic carbocycles. The zero-order chi connectivity index (χ0) is 55.3. The lowest BCUT2D eigenvalue weighted by molar-refractivity contribution is -0.139. The summed E-state index contributed by atoms with van der Waals surface area (Å²) in [5.74, 6) is -1.05. The van der Waals surface area contributed by atoms with E-state index < -0.39 is 58.7 Å². The lowest BCUT2D eigenvalue weighted by Crippen LogP contribution is -2.56. The number of carbonyl (C=O) groups excluding carboxylic acids is 3. The van der Waals surface area contributed by atoms with Crippen molar-refractivity contribution in [3.8, 4) is 0 Å². The second-order valence-corrected chi connectivity index (χ2v) is 51.1. The minimum absolute atomic E-state index is 0. The van der Waals surface area contributed by atoms with E-state index in [0.29, 0.717) is 36.5 Å². The highest BCUT2D eigenvalue weighted by Crippen LogP contribution is 2.28. The highest BCUT2D eigenvalue weighted by molar-refractivity contribution is 7.96. The van der Waals surface area contributed by atoms with E-state index in [-0.39, 0.29) is 25.3 Å². The molecule has 0 radical (unpaired) electrons. The number of rotatable bonds is 21. The van der Waals surface area contributed by atoms with Gasteiger partial charge in [0.05, 0.1) is 19.8 Å². The molecule has 2 aliphatic heterocycles. The van der Waals surface area contributed by atoms with Gasteiger partial charge in [0.1, 0.15) is 0 Å². The van der Waals surface area contributed by atoms with Crippen molar-refractivity contribution in [1.29, 1.82) is 0 Å². The summed E-state index contributed by atoms with van der Waals surface area (Å²) in [6.07, 6.45) is 7.63. The monoisotopic (exact) mass is 1100 g/mol. The number of carbonyl (C=O) groups is 3. The predicted molar refractivity (Wildman–Crippen MR) is 305 cm³/mol. The second-order valence-electron chi connectivity index (χ2n) is 20.8. The average Bonchev–Trinajstić information content (AvgIpc) is 3.20. The van der Waals surface area contributed by atoms with E-state index in [1.54, 1.807) is 20.8 Å². The third-order valence-electron chi connectivity index (χ3n) is 9.39. The fraction of sp³-hybridized carbons (Fsp3) is 0.800. The van der Waals surface area contributed by atoms with Crippen molar-refractivity contribution in [1.82, 2.24) is 0 Å². The van der Waals surface area contributed by atoms with Gasteiger partial charge in [0, 0.05) is 35.9 Å². The lowest BCUT2D eigenvalue weighted by atomic mass is 10.4. The summed E-state index contributed by atoms with van der Waals surface area (Å²) in [7, 11) is -12.0. The Bertz CT molecular complexity index is 1380. The van der Waals surface area contributed by atoms with Crippen molar-refractivity contribution in [2.45, 2.75) is 195 Å². The summed E-state index contributed by atoms with van der Waals surface area (Å²) in [4.78, 5) is 43.4. The Morgan fingerprint density at radius 1 is 0.606 bits per heavy atom. The highest BCUT2D eigenvalue weighted by Gasteiger charge is 2.43. The van der Waals surface area contributed by atoms with Gasteiger partial charge in [-0.3, -0.25) is 0 Å². The largest absolute Gasteiger partial charge is 0.462 e. The van der Waals surface area contributed by atoms with Crippen LogP contribution in [0.3, 0.4) is 0 Å². The van der Waals surface area contributed by atoms with Crippen LogP contribution >= 0.6 is 7.36 Å². The summed E-state index contributed by atoms with van der Waals surface area (Å²) < 4.78 is 66.2. The summed E-state index contributed by atoms with van der Waals surface area (Å²) in [6.45, 7) is 50.6. The summed E-state index contributed by atoms with van der Waals surface area (Å²) in [5, 5.41) is 0. The molecule has 12 nitrogen and oxygen atoms in total. The van der Waals surface area contributed by atoms with Crippen LogP contribution in [0.15, 0.2) is 36.5 Å². The van der Waals surface area contributed by atoms with Gasteiger partial charge in [0.2, 0.25) is 0 Å². The standard InChI is InChI=1S/C22H46O7Si4.C9H18O3Si.2C6H14OSi.CH3PS.CH4.2H2/c1-19(2)21(23)25-15-13-17-30(5,6)27-32(9,10)29-33(11,12)28-31(7,8)18-14-16-26-22(24)20(3)4;1-8(2)9(10)12-6-5-7-13(3,4)11;2*1-8(2)6-4-3-5-7-8;1-2-3;;;/h1,3,13-18H2,2,4-12H3;11H,1,5-7H2,2-4H3;2*3-6H2,1-2H3;1H3;1H4;2*1H/i;;;;;;2*1+1D. The molecular weight excluding hydrogens is 992 g/mol. The summed E-state index contributed by atoms with van der Waals surface area (Å²) >= 11 is 4.37. The van der Waals surface area contributed by atoms with Crippen LogP contribution in [-0.4, -0.2) is 121 Å². The second kappa shape index (κ2) is 35.5. The van der Waals surface area contributed by atoms with E-state index in [1.807, 2.05) is 19.8 Å². The van der Waals surface area contributed by atoms with Crippen molar-refractivity contribution in [3.05, 3.63) is 36.5 Å². The van der Waals surface area contributed by atoms with E-state index in [4.69, 9.17) is 41.3 Å². The van der Waals surface area contributed by atoms with Gasteiger partial charge < -0.3 is 40.2 Å². The highest BCUT2D eigenvalue weighted by atomic mass is 32.4. The van der Waals surface area contributed by atoms with E-state index in [1.165, 1.54) is 37.8 Å². The third-order valence-corrected chi connectivity index (χ3v) is 31.5. The molecule has 0 amide bonds. The van der Waals surface area contributed by atoms with Gasteiger partial charge in [-0.15, -0.1) is 0 Å². The summed E-state index contributed by atoms with van der Waals surface area (Å²) in [5.41, 5.74) is 1.24. The minimum Gasteiger partial charge on any atom is -0.462 e. The molecule has 2 heterocycles. The maximum absolute atomic E-state index is 11.5. The Morgan fingerprint density at radius 3 is 1.08 bits per heavy atom. The minimum atomic E-state index is -2.42. The zero-order valence-electron chi connectivity index (χ0n) is 48.4. The first kappa shape index (κ1) is 67.5.